The highest BCUT2D eigenvalue weighted by Gasteiger charge is 2.25. The van der Waals surface area contributed by atoms with E-state index in [1.165, 1.54) is 0 Å². The van der Waals surface area contributed by atoms with Crippen LogP contribution in [0.5, 0.6) is 11.5 Å². The number of carbonyl (C=O) groups excluding carboxylic acids is 1. The lowest BCUT2D eigenvalue weighted by Gasteiger charge is -2.31. The number of amides is 1. The zero-order valence-electron chi connectivity index (χ0n) is 14.1. The van der Waals surface area contributed by atoms with Gasteiger partial charge < -0.3 is 20.1 Å². The Morgan fingerprint density at radius 2 is 2.08 bits per heavy atom. The molecule has 0 fully saturated rings. The molecule has 0 saturated carbocycles. The number of nitrogens with zero attached hydrogens (tertiary/aromatic N) is 2. The number of hydrogen-bond acceptors (Lipinski definition) is 5. The Morgan fingerprint density at radius 1 is 1.32 bits per heavy atom. The van der Waals surface area contributed by atoms with E-state index in [1.807, 2.05) is 31.2 Å². The van der Waals surface area contributed by atoms with Crippen molar-refractivity contribution in [2.45, 2.75) is 19.6 Å². The first-order valence-corrected chi connectivity index (χ1v) is 8.04. The highest BCUT2D eigenvalue weighted by Crippen LogP contribution is 2.31. The van der Waals surface area contributed by atoms with Gasteiger partial charge in [0.15, 0.2) is 17.6 Å². The molecule has 1 atom stereocenters. The number of benzene rings is 1. The summed E-state index contributed by atoms with van der Waals surface area (Å²) in [4.78, 5) is 18.6. The molecule has 0 radical (unpaired) electrons. The Balaban J connectivity index is 0.00000225. The van der Waals surface area contributed by atoms with Crippen molar-refractivity contribution >= 4 is 18.3 Å². The van der Waals surface area contributed by atoms with Crippen LogP contribution >= 0.6 is 12.4 Å². The maximum atomic E-state index is 12.7. The average Bonchev–Trinajstić information content (AvgIpc) is 2.65. The molecule has 1 aromatic carbocycles. The second-order valence-electron chi connectivity index (χ2n) is 5.58. The fourth-order valence-electron chi connectivity index (χ4n) is 2.66. The molecule has 2 N–H and O–H groups in total. The van der Waals surface area contributed by atoms with Crippen LogP contribution in [0.25, 0.3) is 0 Å². The highest BCUT2D eigenvalue weighted by molar-refractivity contribution is 5.94. The second-order valence-corrected chi connectivity index (χ2v) is 5.58. The van der Waals surface area contributed by atoms with Crippen molar-refractivity contribution in [2.75, 3.05) is 19.7 Å². The van der Waals surface area contributed by atoms with E-state index in [1.54, 1.807) is 23.2 Å². The summed E-state index contributed by atoms with van der Waals surface area (Å²) in [5.41, 5.74) is 6.88. The van der Waals surface area contributed by atoms with E-state index in [2.05, 4.69) is 4.98 Å². The quantitative estimate of drug-likeness (QED) is 0.881. The topological polar surface area (TPSA) is 77.7 Å². The number of hydrogen-bond donors (Lipinski definition) is 1. The van der Waals surface area contributed by atoms with Crippen molar-refractivity contribution in [3.8, 4) is 11.5 Å². The smallest absolute Gasteiger partial charge is 0.254 e. The number of pyridine rings is 1. The summed E-state index contributed by atoms with van der Waals surface area (Å²) in [6, 6.07) is 11.0. The van der Waals surface area contributed by atoms with Gasteiger partial charge in [-0.3, -0.25) is 9.78 Å². The Kier molecular flexibility index (Phi) is 6.61. The van der Waals surface area contributed by atoms with Gasteiger partial charge in [-0.2, -0.15) is 0 Å². The third-order valence-corrected chi connectivity index (χ3v) is 3.93. The molecule has 0 saturated heterocycles. The van der Waals surface area contributed by atoms with Gasteiger partial charge in [0.2, 0.25) is 0 Å². The van der Waals surface area contributed by atoms with E-state index in [0.29, 0.717) is 43.2 Å². The lowest BCUT2D eigenvalue weighted by molar-refractivity contribution is 0.0475. The number of aromatic nitrogens is 1. The van der Waals surface area contributed by atoms with Crippen molar-refractivity contribution < 1.29 is 14.3 Å². The Hall–Kier alpha value is -2.31. The number of fused-ring (bicyclic) bond motifs is 1. The van der Waals surface area contributed by atoms with Gasteiger partial charge in [-0.15, -0.1) is 12.4 Å². The lowest BCUT2D eigenvalue weighted by Crippen LogP contribution is -2.43. The molecule has 1 amide bonds. The van der Waals surface area contributed by atoms with Crippen molar-refractivity contribution in [3.63, 3.8) is 0 Å². The summed E-state index contributed by atoms with van der Waals surface area (Å²) < 4.78 is 11.7. The predicted molar refractivity (Wildman–Crippen MR) is 97.3 cm³/mol. The molecule has 7 heteroatoms. The van der Waals surface area contributed by atoms with Gasteiger partial charge in [0.25, 0.3) is 5.91 Å². The fourth-order valence-corrected chi connectivity index (χ4v) is 2.66. The minimum absolute atomic E-state index is 0. The van der Waals surface area contributed by atoms with Crippen LogP contribution in [0.1, 0.15) is 23.0 Å². The Bertz CT molecular complexity index is 726. The minimum atomic E-state index is -0.195. The molecule has 1 aliphatic heterocycles. The van der Waals surface area contributed by atoms with Crippen LogP contribution < -0.4 is 15.2 Å². The number of nitrogens with two attached hydrogens (primary N) is 1. The first-order chi connectivity index (χ1) is 11.7. The third kappa shape index (κ3) is 4.41. The van der Waals surface area contributed by atoms with E-state index in [4.69, 9.17) is 15.2 Å². The van der Waals surface area contributed by atoms with Gasteiger partial charge in [0.1, 0.15) is 6.61 Å². The summed E-state index contributed by atoms with van der Waals surface area (Å²) in [5, 5.41) is 0. The first-order valence-electron chi connectivity index (χ1n) is 8.04. The number of halogens is 1. The number of rotatable bonds is 5. The first kappa shape index (κ1) is 19.0. The largest absolute Gasteiger partial charge is 0.486 e. The van der Waals surface area contributed by atoms with Crippen molar-refractivity contribution in [2.24, 2.45) is 5.73 Å². The van der Waals surface area contributed by atoms with Crippen LogP contribution in [-0.4, -0.2) is 41.6 Å². The molecule has 2 heterocycles. The summed E-state index contributed by atoms with van der Waals surface area (Å²) in [6.07, 6.45) is 1.42. The molecule has 1 aliphatic rings. The molecular formula is C18H22ClN3O3. The van der Waals surface area contributed by atoms with Gasteiger partial charge in [-0.05, 0) is 31.2 Å². The highest BCUT2D eigenvalue weighted by atomic mass is 35.5. The van der Waals surface area contributed by atoms with Crippen molar-refractivity contribution in [3.05, 3.63) is 53.9 Å². The number of likely N-dealkylation sites (N-methyl/N-ethyl adjacent to an activating group) is 1. The van der Waals surface area contributed by atoms with Gasteiger partial charge in [-0.1, -0.05) is 12.1 Å². The zero-order chi connectivity index (χ0) is 16.9. The molecule has 0 spiro atoms. The molecule has 134 valence electrons. The second kappa shape index (κ2) is 8.69. The summed E-state index contributed by atoms with van der Waals surface area (Å²) in [6.45, 7) is 3.72. The molecule has 6 nitrogen and oxygen atoms in total. The monoisotopic (exact) mass is 363 g/mol. The van der Waals surface area contributed by atoms with Crippen molar-refractivity contribution in [1.82, 2.24) is 9.88 Å². The van der Waals surface area contributed by atoms with E-state index in [-0.39, 0.29) is 24.4 Å². The fraction of sp³-hybridized carbons (Fsp3) is 0.333. The number of carbonyl (C=O) groups is 1. The van der Waals surface area contributed by atoms with Crippen LogP contribution in [0, 0.1) is 0 Å². The van der Waals surface area contributed by atoms with Crippen LogP contribution in [-0.2, 0) is 6.54 Å². The Morgan fingerprint density at radius 3 is 2.80 bits per heavy atom. The van der Waals surface area contributed by atoms with E-state index < -0.39 is 0 Å². The zero-order valence-corrected chi connectivity index (χ0v) is 14.9. The molecule has 25 heavy (non-hydrogen) atoms. The standard InChI is InChI=1S/C18H21N3O3.ClH/c1-2-21(18(22)13-7-8-20-14(9-13)10-19)11-15-12-23-16-5-3-4-6-17(16)24-15;/h3-9,15H,2,10-12,19H2,1H3;1H. The molecular weight excluding hydrogens is 342 g/mol. The normalized spacial score (nSPS) is 15.2. The van der Waals surface area contributed by atoms with Gasteiger partial charge in [0.05, 0.1) is 12.2 Å². The van der Waals surface area contributed by atoms with Crippen LogP contribution in [0.4, 0.5) is 0 Å². The van der Waals surface area contributed by atoms with Gasteiger partial charge in [0, 0.05) is 24.8 Å². The summed E-state index contributed by atoms with van der Waals surface area (Å²) >= 11 is 0. The molecule has 3 rings (SSSR count). The molecule has 1 aromatic heterocycles. The molecule has 1 unspecified atom stereocenters. The third-order valence-electron chi connectivity index (χ3n) is 3.93. The van der Waals surface area contributed by atoms with E-state index >= 15 is 0 Å². The number of para-hydroxylation sites is 2. The summed E-state index contributed by atoms with van der Waals surface area (Å²) in [5.74, 6) is 1.40. The number of ether oxygens (including phenoxy) is 2. The maximum absolute atomic E-state index is 12.7. The molecule has 0 bridgehead atoms. The van der Waals surface area contributed by atoms with Gasteiger partial charge in [-0.25, -0.2) is 0 Å². The van der Waals surface area contributed by atoms with Crippen LogP contribution in [0.2, 0.25) is 0 Å². The average molecular weight is 364 g/mol. The summed E-state index contributed by atoms with van der Waals surface area (Å²) in [7, 11) is 0. The van der Waals surface area contributed by atoms with E-state index in [0.717, 1.165) is 5.75 Å². The van der Waals surface area contributed by atoms with Crippen LogP contribution in [0.15, 0.2) is 42.6 Å². The molecule has 2 aromatic rings. The SMILES string of the molecule is CCN(CC1COc2ccccc2O1)C(=O)c1ccnc(CN)c1.Cl. The van der Waals surface area contributed by atoms with Crippen LogP contribution in [0.3, 0.4) is 0 Å². The van der Waals surface area contributed by atoms with Crippen molar-refractivity contribution in [1.29, 1.82) is 0 Å². The Labute approximate surface area is 153 Å². The van der Waals surface area contributed by atoms with Gasteiger partial charge >= 0.3 is 0 Å². The van der Waals surface area contributed by atoms with E-state index in [9.17, 15) is 4.79 Å². The minimum Gasteiger partial charge on any atom is -0.486 e. The lowest BCUT2D eigenvalue weighted by atomic mass is 10.2. The maximum Gasteiger partial charge on any atom is 0.254 e. The molecule has 0 aliphatic carbocycles. The predicted octanol–water partition coefficient (Wildman–Crippen LogP) is 2.26.